The number of aromatic nitrogens is 2. The minimum atomic E-state index is -1.04. The molecule has 3 rings (SSSR count). The number of anilines is 1. The number of hydrogen-bond acceptors (Lipinski definition) is 5. The van der Waals surface area contributed by atoms with E-state index in [0.29, 0.717) is 16.9 Å². The van der Waals surface area contributed by atoms with Crippen molar-refractivity contribution in [2.45, 2.75) is 0 Å². The van der Waals surface area contributed by atoms with Gasteiger partial charge in [-0.05, 0) is 42.5 Å². The van der Waals surface area contributed by atoms with Crippen LogP contribution in [0.25, 0.3) is 17.1 Å². The summed E-state index contributed by atoms with van der Waals surface area (Å²) in [5, 5.41) is 13.0. The predicted molar refractivity (Wildman–Crippen MR) is 78.9 cm³/mol. The number of nitrogens with zero attached hydrogens (tertiary/aromatic N) is 2. The smallest absolute Gasteiger partial charge is 0.442 e. The van der Waals surface area contributed by atoms with Gasteiger partial charge in [-0.1, -0.05) is 6.07 Å². The molecule has 1 aromatic heterocycles. The van der Waals surface area contributed by atoms with E-state index in [0.717, 1.165) is 4.68 Å². The maximum absolute atomic E-state index is 11.9. The molecular weight excluding hydrogens is 286 g/mol. The largest absolute Gasteiger partial charge is 0.478 e. The molecule has 0 fully saturated rings. The highest BCUT2D eigenvalue weighted by atomic mass is 16.4. The zero-order valence-corrected chi connectivity index (χ0v) is 11.3. The molecular formula is C15H11N3O4. The number of hydrogen-bond donors (Lipinski definition) is 2. The van der Waals surface area contributed by atoms with Gasteiger partial charge in [0.1, 0.15) is 0 Å². The maximum Gasteiger partial charge on any atom is 0.442 e. The number of carboxylic acid groups (broad SMARTS) is 1. The Morgan fingerprint density at radius 2 is 1.91 bits per heavy atom. The molecule has 22 heavy (non-hydrogen) atoms. The van der Waals surface area contributed by atoms with Crippen LogP contribution in [0.5, 0.6) is 0 Å². The maximum atomic E-state index is 11.9. The summed E-state index contributed by atoms with van der Waals surface area (Å²) >= 11 is 0. The number of benzene rings is 2. The summed E-state index contributed by atoms with van der Waals surface area (Å²) < 4.78 is 6.17. The summed E-state index contributed by atoms with van der Waals surface area (Å²) in [6, 6.07) is 12.5. The van der Waals surface area contributed by atoms with Crippen LogP contribution in [-0.2, 0) is 0 Å². The Morgan fingerprint density at radius 3 is 2.55 bits per heavy atom. The summed E-state index contributed by atoms with van der Waals surface area (Å²) in [7, 11) is 0. The zero-order valence-electron chi connectivity index (χ0n) is 11.3. The van der Waals surface area contributed by atoms with Crippen molar-refractivity contribution in [3.63, 3.8) is 0 Å². The van der Waals surface area contributed by atoms with Gasteiger partial charge in [-0.3, -0.25) is 0 Å². The van der Waals surface area contributed by atoms with E-state index in [1.807, 2.05) is 0 Å². The molecule has 7 nitrogen and oxygen atoms in total. The Hall–Kier alpha value is -3.35. The minimum absolute atomic E-state index is 0.122. The fourth-order valence-corrected chi connectivity index (χ4v) is 1.97. The Labute approximate surface area is 124 Å². The van der Waals surface area contributed by atoms with E-state index in [1.165, 1.54) is 24.3 Å². The molecule has 2 aromatic carbocycles. The minimum Gasteiger partial charge on any atom is -0.478 e. The molecule has 0 saturated carbocycles. The van der Waals surface area contributed by atoms with Gasteiger partial charge in [-0.15, -0.1) is 5.10 Å². The number of aromatic carboxylic acids is 1. The number of rotatable bonds is 3. The summed E-state index contributed by atoms with van der Waals surface area (Å²) in [4.78, 5) is 22.7. The Bertz CT molecular complexity index is 894. The molecule has 0 saturated heterocycles. The standard InChI is InChI=1S/C15H11N3O4/c16-11-3-1-2-10(8-11)13-17-18(15(21)22-13)12-6-4-9(5-7-12)14(19)20/h1-8H,16H2,(H,19,20). The van der Waals surface area contributed by atoms with Crippen LogP contribution in [0.15, 0.2) is 57.7 Å². The monoisotopic (exact) mass is 297 g/mol. The normalized spacial score (nSPS) is 10.5. The third-order valence-corrected chi connectivity index (χ3v) is 3.04. The van der Waals surface area contributed by atoms with Gasteiger partial charge in [-0.2, -0.15) is 4.68 Å². The SMILES string of the molecule is Nc1cccc(-c2nn(-c3ccc(C(=O)O)cc3)c(=O)o2)c1. The third-order valence-electron chi connectivity index (χ3n) is 3.04. The van der Waals surface area contributed by atoms with Crippen molar-refractivity contribution in [1.82, 2.24) is 9.78 Å². The Balaban J connectivity index is 2.02. The first-order valence-corrected chi connectivity index (χ1v) is 6.34. The van der Waals surface area contributed by atoms with Gasteiger partial charge >= 0.3 is 11.7 Å². The van der Waals surface area contributed by atoms with Crippen LogP contribution in [-0.4, -0.2) is 20.9 Å². The Morgan fingerprint density at radius 1 is 1.18 bits per heavy atom. The summed E-state index contributed by atoms with van der Waals surface area (Å²) in [5.41, 5.74) is 7.33. The van der Waals surface area contributed by atoms with Gasteiger partial charge < -0.3 is 15.3 Å². The molecule has 0 bridgehead atoms. The highest BCUT2D eigenvalue weighted by Gasteiger charge is 2.12. The van der Waals surface area contributed by atoms with Gasteiger partial charge in [0.05, 0.1) is 11.3 Å². The molecule has 0 unspecified atom stereocenters. The van der Waals surface area contributed by atoms with Crippen molar-refractivity contribution in [2.75, 3.05) is 5.73 Å². The van der Waals surface area contributed by atoms with Crippen LogP contribution in [0.3, 0.4) is 0 Å². The van der Waals surface area contributed by atoms with Crippen molar-refractivity contribution < 1.29 is 14.3 Å². The second-order valence-corrected chi connectivity index (χ2v) is 4.56. The number of carbonyl (C=O) groups is 1. The lowest BCUT2D eigenvalue weighted by molar-refractivity contribution is 0.0697. The summed E-state index contributed by atoms with van der Waals surface area (Å²) in [6.07, 6.45) is 0. The van der Waals surface area contributed by atoms with Gasteiger partial charge in [0.25, 0.3) is 0 Å². The summed E-state index contributed by atoms with van der Waals surface area (Å²) in [5.74, 6) is -1.57. The van der Waals surface area contributed by atoms with E-state index in [-0.39, 0.29) is 11.5 Å². The highest BCUT2D eigenvalue weighted by Crippen LogP contribution is 2.19. The molecule has 0 atom stereocenters. The lowest BCUT2D eigenvalue weighted by Crippen LogP contribution is -2.13. The van der Waals surface area contributed by atoms with Crippen molar-refractivity contribution in [2.24, 2.45) is 0 Å². The van der Waals surface area contributed by atoms with Crippen LogP contribution < -0.4 is 11.5 Å². The van der Waals surface area contributed by atoms with Crippen molar-refractivity contribution in [3.05, 3.63) is 64.6 Å². The lowest BCUT2D eigenvalue weighted by Gasteiger charge is -1.99. The zero-order chi connectivity index (χ0) is 15.7. The quantitative estimate of drug-likeness (QED) is 0.713. The molecule has 3 N–H and O–H groups in total. The van der Waals surface area contributed by atoms with Crippen LogP contribution in [0.1, 0.15) is 10.4 Å². The molecule has 3 aromatic rings. The van der Waals surface area contributed by atoms with E-state index in [2.05, 4.69) is 5.10 Å². The van der Waals surface area contributed by atoms with Crippen LogP contribution >= 0.6 is 0 Å². The average molecular weight is 297 g/mol. The van der Waals surface area contributed by atoms with E-state index in [4.69, 9.17) is 15.3 Å². The van der Waals surface area contributed by atoms with Gasteiger partial charge in [0, 0.05) is 11.3 Å². The molecule has 110 valence electrons. The van der Waals surface area contributed by atoms with E-state index < -0.39 is 11.7 Å². The molecule has 0 spiro atoms. The Kier molecular flexibility index (Phi) is 3.23. The molecule has 0 radical (unpaired) electrons. The van der Waals surface area contributed by atoms with Crippen molar-refractivity contribution >= 4 is 11.7 Å². The third kappa shape index (κ3) is 2.47. The fraction of sp³-hybridized carbons (Fsp3) is 0. The second kappa shape index (κ2) is 5.21. The van der Waals surface area contributed by atoms with Crippen LogP contribution in [0.4, 0.5) is 5.69 Å². The van der Waals surface area contributed by atoms with Gasteiger partial charge in [0.15, 0.2) is 0 Å². The van der Waals surface area contributed by atoms with Crippen molar-refractivity contribution in [1.29, 1.82) is 0 Å². The molecule has 0 aliphatic heterocycles. The molecule has 0 aliphatic rings. The second-order valence-electron chi connectivity index (χ2n) is 4.56. The predicted octanol–water partition coefficient (Wildman–Crippen LogP) is 1.77. The topological polar surface area (TPSA) is 111 Å². The van der Waals surface area contributed by atoms with Gasteiger partial charge in [-0.25, -0.2) is 9.59 Å². The number of nitrogens with two attached hydrogens (primary N) is 1. The van der Waals surface area contributed by atoms with E-state index >= 15 is 0 Å². The van der Waals surface area contributed by atoms with Crippen LogP contribution in [0.2, 0.25) is 0 Å². The lowest BCUT2D eigenvalue weighted by atomic mass is 10.2. The number of carboxylic acids is 1. The average Bonchev–Trinajstić information content (AvgIpc) is 2.89. The van der Waals surface area contributed by atoms with Crippen LogP contribution in [0, 0.1) is 0 Å². The van der Waals surface area contributed by atoms with E-state index in [1.54, 1.807) is 24.3 Å². The van der Waals surface area contributed by atoms with Crippen molar-refractivity contribution in [3.8, 4) is 17.1 Å². The first kappa shape index (κ1) is 13.6. The highest BCUT2D eigenvalue weighted by molar-refractivity contribution is 5.87. The van der Waals surface area contributed by atoms with E-state index in [9.17, 15) is 9.59 Å². The molecule has 0 aliphatic carbocycles. The number of nitrogen functional groups attached to an aromatic ring is 1. The summed E-state index contributed by atoms with van der Waals surface area (Å²) in [6.45, 7) is 0. The first-order chi connectivity index (χ1) is 10.5. The molecule has 1 heterocycles. The molecule has 0 amide bonds. The first-order valence-electron chi connectivity index (χ1n) is 6.34. The molecule has 7 heteroatoms. The fourth-order valence-electron chi connectivity index (χ4n) is 1.97. The van der Waals surface area contributed by atoms with Gasteiger partial charge in [0.2, 0.25) is 5.89 Å².